The molecular weight excluding hydrogens is 546 g/mol. The van der Waals surface area contributed by atoms with Crippen LogP contribution in [0, 0.1) is 6.92 Å². The number of amidine groups is 1. The molecule has 0 aliphatic carbocycles. The summed E-state index contributed by atoms with van der Waals surface area (Å²) in [4.78, 5) is 61.9. The van der Waals surface area contributed by atoms with Crippen molar-refractivity contribution in [1.82, 2.24) is 24.9 Å². The highest BCUT2D eigenvalue weighted by Gasteiger charge is 2.31. The van der Waals surface area contributed by atoms with E-state index in [4.69, 9.17) is 10.1 Å². The van der Waals surface area contributed by atoms with Crippen LogP contribution in [-0.2, 0) is 19.2 Å². The third-order valence-corrected chi connectivity index (χ3v) is 8.65. The van der Waals surface area contributed by atoms with E-state index in [1.165, 1.54) is 9.78 Å². The highest BCUT2D eigenvalue weighted by Crippen LogP contribution is 2.39. The number of carbonyl (C=O) groups excluding carboxylic acids is 3. The number of aliphatic carboxylic acids is 1. The minimum Gasteiger partial charge on any atom is -0.481 e. The number of rotatable bonds is 6. The maximum atomic E-state index is 12.7. The molecule has 1 aromatic carbocycles. The standard InChI is InChI=1S/C28H35N7O5S/c1-18-13-20-27(30-21-5-3-4-6-22(21)31-28(20)41-18)35-8-7-32(2)19(17-35)16-29-23(36)14-24(37)33-9-11-34(12-10-33)25(38)15-26(39)40/h3-6,13,19,31H,7-12,14-17H2,1-2H3,(H,29,36)(H,39,40). The van der Waals surface area contributed by atoms with Crippen LogP contribution >= 0.6 is 11.3 Å². The number of anilines is 2. The van der Waals surface area contributed by atoms with Gasteiger partial charge >= 0.3 is 5.97 Å². The first kappa shape index (κ1) is 28.6. The van der Waals surface area contributed by atoms with Crippen LogP contribution in [0.25, 0.3) is 0 Å². The molecule has 5 rings (SSSR count). The molecule has 0 bridgehead atoms. The monoisotopic (exact) mass is 581 g/mol. The number of likely N-dealkylation sites (N-methyl/N-ethyl adjacent to an activating group) is 1. The number of amides is 3. The van der Waals surface area contributed by atoms with Gasteiger partial charge in [0.15, 0.2) is 0 Å². The Bertz CT molecular complexity index is 1370. The highest BCUT2D eigenvalue weighted by atomic mass is 32.1. The van der Waals surface area contributed by atoms with Gasteiger partial charge in [-0.25, -0.2) is 4.99 Å². The quantitative estimate of drug-likeness (QED) is 0.436. The number of carboxylic acid groups (broad SMARTS) is 1. The van der Waals surface area contributed by atoms with E-state index in [2.05, 4.69) is 33.4 Å². The maximum absolute atomic E-state index is 12.7. The van der Waals surface area contributed by atoms with Gasteiger partial charge in [0.25, 0.3) is 0 Å². The van der Waals surface area contributed by atoms with Crippen molar-refractivity contribution in [2.75, 3.05) is 64.7 Å². The van der Waals surface area contributed by atoms with Crippen molar-refractivity contribution in [2.45, 2.75) is 25.8 Å². The molecule has 0 spiro atoms. The Labute approximate surface area is 242 Å². The number of para-hydroxylation sites is 2. The lowest BCUT2D eigenvalue weighted by atomic mass is 10.1. The van der Waals surface area contributed by atoms with Crippen LogP contribution < -0.4 is 10.6 Å². The maximum Gasteiger partial charge on any atom is 0.312 e. The fraction of sp³-hybridized carbons (Fsp3) is 0.464. The molecule has 4 heterocycles. The first-order chi connectivity index (χ1) is 19.7. The summed E-state index contributed by atoms with van der Waals surface area (Å²) < 4.78 is 0. The van der Waals surface area contributed by atoms with Gasteiger partial charge in [-0.05, 0) is 32.2 Å². The third-order valence-electron chi connectivity index (χ3n) is 7.69. The van der Waals surface area contributed by atoms with Gasteiger partial charge in [-0.15, -0.1) is 11.3 Å². The summed E-state index contributed by atoms with van der Waals surface area (Å²) in [7, 11) is 2.04. The Morgan fingerprint density at radius 2 is 1.71 bits per heavy atom. The molecule has 0 radical (unpaired) electrons. The van der Waals surface area contributed by atoms with Gasteiger partial charge in [0.2, 0.25) is 17.7 Å². The molecule has 41 heavy (non-hydrogen) atoms. The van der Waals surface area contributed by atoms with Crippen molar-refractivity contribution >= 4 is 57.2 Å². The third kappa shape index (κ3) is 6.68. The molecule has 1 unspecified atom stereocenters. The number of thiophene rings is 1. The molecule has 2 saturated heterocycles. The second-order valence-electron chi connectivity index (χ2n) is 10.6. The molecule has 2 fully saturated rings. The Hall–Kier alpha value is -3.97. The molecular formula is C28H35N7O5S. The number of benzene rings is 1. The van der Waals surface area contributed by atoms with Crippen LogP contribution in [0.15, 0.2) is 35.3 Å². The Morgan fingerprint density at radius 3 is 2.41 bits per heavy atom. The Morgan fingerprint density at radius 1 is 1.02 bits per heavy atom. The lowest BCUT2D eigenvalue weighted by Crippen LogP contribution is -2.57. The van der Waals surface area contributed by atoms with Gasteiger partial charge in [-0.1, -0.05) is 12.1 Å². The number of hydrogen-bond donors (Lipinski definition) is 3. The summed E-state index contributed by atoms with van der Waals surface area (Å²) in [6.07, 6.45) is -0.828. The van der Waals surface area contributed by atoms with E-state index in [1.807, 2.05) is 31.3 Å². The average Bonchev–Trinajstić information content (AvgIpc) is 3.23. The lowest BCUT2D eigenvalue weighted by Gasteiger charge is -2.41. The largest absolute Gasteiger partial charge is 0.481 e. The van der Waals surface area contributed by atoms with Crippen molar-refractivity contribution in [1.29, 1.82) is 0 Å². The van der Waals surface area contributed by atoms with Gasteiger partial charge in [-0.2, -0.15) is 0 Å². The van der Waals surface area contributed by atoms with Crippen LogP contribution in [-0.4, -0.2) is 120 Å². The molecule has 3 aliphatic rings. The van der Waals surface area contributed by atoms with Crippen molar-refractivity contribution < 1.29 is 24.3 Å². The van der Waals surface area contributed by atoms with Crippen molar-refractivity contribution in [3.8, 4) is 0 Å². The summed E-state index contributed by atoms with van der Waals surface area (Å²) in [6, 6.07) is 10.2. The molecule has 3 N–H and O–H groups in total. The zero-order chi connectivity index (χ0) is 29.1. The van der Waals surface area contributed by atoms with Gasteiger partial charge < -0.3 is 30.4 Å². The number of piperazine rings is 2. The van der Waals surface area contributed by atoms with Crippen LogP contribution in [0.1, 0.15) is 23.3 Å². The summed E-state index contributed by atoms with van der Waals surface area (Å²) in [5, 5.41) is 16.4. The molecule has 1 aromatic heterocycles. The van der Waals surface area contributed by atoms with E-state index in [0.717, 1.165) is 40.9 Å². The van der Waals surface area contributed by atoms with E-state index in [1.54, 1.807) is 16.2 Å². The summed E-state index contributed by atoms with van der Waals surface area (Å²) >= 11 is 1.71. The lowest BCUT2D eigenvalue weighted by molar-refractivity contribution is -0.147. The molecule has 0 saturated carbocycles. The highest BCUT2D eigenvalue weighted by molar-refractivity contribution is 7.16. The van der Waals surface area contributed by atoms with Crippen LogP contribution in [0.3, 0.4) is 0 Å². The van der Waals surface area contributed by atoms with E-state index in [9.17, 15) is 19.2 Å². The van der Waals surface area contributed by atoms with E-state index in [-0.39, 0.29) is 50.5 Å². The van der Waals surface area contributed by atoms with Gasteiger partial charge in [0.1, 0.15) is 23.7 Å². The fourth-order valence-electron chi connectivity index (χ4n) is 5.34. The minimum absolute atomic E-state index is 0.0314. The average molecular weight is 582 g/mol. The molecule has 1 atom stereocenters. The van der Waals surface area contributed by atoms with Gasteiger partial charge in [0, 0.05) is 63.3 Å². The summed E-state index contributed by atoms with van der Waals surface area (Å²) in [5.41, 5.74) is 2.94. The molecule has 13 heteroatoms. The number of carboxylic acids is 1. The summed E-state index contributed by atoms with van der Waals surface area (Å²) in [5.74, 6) is -1.36. The number of aryl methyl sites for hydroxylation is 1. The van der Waals surface area contributed by atoms with E-state index in [0.29, 0.717) is 13.1 Å². The van der Waals surface area contributed by atoms with E-state index < -0.39 is 18.3 Å². The zero-order valence-electron chi connectivity index (χ0n) is 23.3. The topological polar surface area (TPSA) is 138 Å². The second-order valence-corrected chi connectivity index (χ2v) is 11.8. The minimum atomic E-state index is -1.17. The van der Waals surface area contributed by atoms with E-state index >= 15 is 0 Å². The fourth-order valence-corrected chi connectivity index (χ4v) is 6.26. The number of aliphatic imine (C=N–C) groups is 1. The molecule has 12 nitrogen and oxygen atoms in total. The Balaban J connectivity index is 1.17. The van der Waals surface area contributed by atoms with Crippen LogP contribution in [0.5, 0.6) is 0 Å². The molecule has 3 aliphatic heterocycles. The second kappa shape index (κ2) is 12.3. The predicted molar refractivity (Wildman–Crippen MR) is 156 cm³/mol. The Kier molecular flexibility index (Phi) is 8.54. The smallest absolute Gasteiger partial charge is 0.312 e. The normalized spacial score (nSPS) is 18.9. The zero-order valence-corrected chi connectivity index (χ0v) is 24.1. The van der Waals surface area contributed by atoms with Gasteiger partial charge in [0.05, 0.1) is 16.9 Å². The van der Waals surface area contributed by atoms with Crippen molar-refractivity contribution in [3.63, 3.8) is 0 Å². The molecule has 2 aromatic rings. The van der Waals surface area contributed by atoms with Crippen molar-refractivity contribution in [3.05, 3.63) is 40.8 Å². The number of nitrogens with zero attached hydrogens (tertiary/aromatic N) is 5. The molecule has 3 amide bonds. The van der Waals surface area contributed by atoms with Crippen LogP contribution in [0.4, 0.5) is 16.4 Å². The first-order valence-corrected chi connectivity index (χ1v) is 14.5. The van der Waals surface area contributed by atoms with Gasteiger partial charge in [-0.3, -0.25) is 24.1 Å². The number of hydrogen-bond acceptors (Lipinski definition) is 9. The summed E-state index contributed by atoms with van der Waals surface area (Å²) in [6.45, 7) is 5.85. The predicted octanol–water partition coefficient (Wildman–Crippen LogP) is 1.46. The SMILES string of the molecule is Cc1cc2c(s1)Nc1ccccc1N=C2N1CCN(C)C(CNC(=O)CC(=O)N2CCN(C(=O)CC(=O)O)CC2)C1. The van der Waals surface area contributed by atoms with Crippen molar-refractivity contribution in [2.24, 2.45) is 4.99 Å². The first-order valence-electron chi connectivity index (χ1n) is 13.7. The number of carbonyl (C=O) groups is 4. The van der Waals surface area contributed by atoms with Crippen LogP contribution in [0.2, 0.25) is 0 Å². The number of fused-ring (bicyclic) bond motifs is 2. The molecule has 218 valence electrons. The number of nitrogens with one attached hydrogen (secondary N) is 2.